The smallest absolute Gasteiger partial charge is 0.0132 e. The van der Waals surface area contributed by atoms with Gasteiger partial charge in [0.2, 0.25) is 0 Å². The average Bonchev–Trinajstić information content (AvgIpc) is 2.45. The van der Waals surface area contributed by atoms with Gasteiger partial charge in [-0.2, -0.15) is 0 Å². The highest BCUT2D eigenvalue weighted by Crippen LogP contribution is 2.36. The van der Waals surface area contributed by atoms with Gasteiger partial charge in [-0.05, 0) is 45.1 Å². The second kappa shape index (κ2) is 6.28. The third-order valence-corrected chi connectivity index (χ3v) is 4.38. The minimum atomic E-state index is 0.184. The fourth-order valence-electron chi connectivity index (χ4n) is 3.14. The summed E-state index contributed by atoms with van der Waals surface area (Å²) < 4.78 is 0. The van der Waals surface area contributed by atoms with Gasteiger partial charge in [-0.1, -0.05) is 90.9 Å². The van der Waals surface area contributed by atoms with E-state index in [1.54, 1.807) is 0 Å². The second-order valence-corrected chi connectivity index (χ2v) is 7.95. The van der Waals surface area contributed by atoms with Crippen molar-refractivity contribution in [3.8, 4) is 11.1 Å². The van der Waals surface area contributed by atoms with Crippen molar-refractivity contribution >= 4 is 0 Å². The number of hydrogen-bond donors (Lipinski definition) is 0. The van der Waals surface area contributed by atoms with E-state index in [9.17, 15) is 0 Å². The summed E-state index contributed by atoms with van der Waals surface area (Å²) in [7, 11) is 0. The van der Waals surface area contributed by atoms with Crippen LogP contribution in [0.1, 0.15) is 77.0 Å². The van der Waals surface area contributed by atoms with Crippen molar-refractivity contribution in [1.82, 2.24) is 0 Å². The zero-order chi connectivity index (χ0) is 16.5. The van der Waals surface area contributed by atoms with Gasteiger partial charge in [0.05, 0.1) is 0 Å². The highest BCUT2D eigenvalue weighted by molar-refractivity contribution is 5.70. The molecule has 2 aromatic rings. The lowest BCUT2D eigenvalue weighted by Crippen LogP contribution is -2.11. The van der Waals surface area contributed by atoms with Crippen LogP contribution in [0.15, 0.2) is 42.5 Å². The van der Waals surface area contributed by atoms with Crippen LogP contribution < -0.4 is 0 Å². The van der Waals surface area contributed by atoms with Gasteiger partial charge >= 0.3 is 0 Å². The summed E-state index contributed by atoms with van der Waals surface area (Å²) in [5, 5.41) is 0. The van der Waals surface area contributed by atoms with Crippen LogP contribution in [0, 0.1) is 0 Å². The summed E-state index contributed by atoms with van der Waals surface area (Å²) >= 11 is 0. The molecule has 0 bridgehead atoms. The Balaban J connectivity index is 2.65. The van der Waals surface area contributed by atoms with E-state index in [0.717, 1.165) is 0 Å². The van der Waals surface area contributed by atoms with Crippen LogP contribution in [0.5, 0.6) is 0 Å². The number of rotatable bonds is 3. The van der Waals surface area contributed by atoms with Crippen molar-refractivity contribution in [1.29, 1.82) is 0 Å². The van der Waals surface area contributed by atoms with Crippen molar-refractivity contribution < 1.29 is 0 Å². The Labute approximate surface area is 136 Å². The van der Waals surface area contributed by atoms with Gasteiger partial charge in [-0.3, -0.25) is 0 Å². The Morgan fingerprint density at radius 1 is 0.773 bits per heavy atom. The first-order valence-corrected chi connectivity index (χ1v) is 8.45. The molecule has 0 radical (unpaired) electrons. The molecular formula is C22H30. The molecule has 0 atom stereocenters. The van der Waals surface area contributed by atoms with Crippen LogP contribution in [-0.2, 0) is 5.41 Å². The van der Waals surface area contributed by atoms with E-state index >= 15 is 0 Å². The van der Waals surface area contributed by atoms with Crippen LogP contribution in [-0.4, -0.2) is 0 Å². The van der Waals surface area contributed by atoms with Gasteiger partial charge in [0, 0.05) is 0 Å². The molecule has 0 aromatic heterocycles. The molecule has 0 heteroatoms. The summed E-state index contributed by atoms with van der Waals surface area (Å²) in [4.78, 5) is 0. The summed E-state index contributed by atoms with van der Waals surface area (Å²) in [6, 6.07) is 15.8. The maximum Gasteiger partial charge on any atom is -0.0132 e. The Morgan fingerprint density at radius 3 is 1.95 bits per heavy atom. The maximum absolute atomic E-state index is 2.37. The molecule has 0 unspecified atom stereocenters. The highest BCUT2D eigenvalue weighted by Gasteiger charge is 2.18. The molecule has 118 valence electrons. The normalized spacial score (nSPS) is 12.2. The van der Waals surface area contributed by atoms with Crippen LogP contribution in [0.25, 0.3) is 11.1 Å². The SMILES string of the molecule is CC(C)c1cccc(-c2cccc(C(C)(C)C)c2)c1C(C)C. The zero-order valence-corrected chi connectivity index (χ0v) is 15.2. The van der Waals surface area contributed by atoms with Gasteiger partial charge < -0.3 is 0 Å². The first-order valence-electron chi connectivity index (χ1n) is 8.45. The van der Waals surface area contributed by atoms with E-state index in [2.05, 4.69) is 90.9 Å². The Hall–Kier alpha value is -1.56. The van der Waals surface area contributed by atoms with Gasteiger partial charge in [0.25, 0.3) is 0 Å². The molecule has 0 amide bonds. The second-order valence-electron chi connectivity index (χ2n) is 7.95. The fourth-order valence-corrected chi connectivity index (χ4v) is 3.14. The van der Waals surface area contributed by atoms with Crippen LogP contribution in [0.3, 0.4) is 0 Å². The standard InChI is InChI=1S/C22H30/c1-15(2)19-12-9-13-20(21(19)16(3)4)17-10-8-11-18(14-17)22(5,6)7/h8-16H,1-7H3. The van der Waals surface area contributed by atoms with E-state index in [1.165, 1.54) is 27.8 Å². The van der Waals surface area contributed by atoms with Crippen molar-refractivity contribution in [2.24, 2.45) is 0 Å². The predicted octanol–water partition coefficient (Wildman–Crippen LogP) is 6.90. The van der Waals surface area contributed by atoms with Crippen LogP contribution in [0.2, 0.25) is 0 Å². The summed E-state index contributed by atoms with van der Waals surface area (Å²) in [5.41, 5.74) is 7.31. The quantitative estimate of drug-likeness (QED) is 0.577. The zero-order valence-electron chi connectivity index (χ0n) is 15.2. The molecular weight excluding hydrogens is 264 g/mol. The largest absolute Gasteiger partial charge is 0.0614 e. The average molecular weight is 294 g/mol. The van der Waals surface area contributed by atoms with Crippen LogP contribution in [0.4, 0.5) is 0 Å². The first kappa shape index (κ1) is 16.8. The minimum Gasteiger partial charge on any atom is -0.0614 e. The molecule has 2 rings (SSSR count). The Bertz CT molecular complexity index is 639. The van der Waals surface area contributed by atoms with Gasteiger partial charge in [-0.15, -0.1) is 0 Å². The molecule has 0 N–H and O–H groups in total. The van der Waals surface area contributed by atoms with E-state index < -0.39 is 0 Å². The maximum atomic E-state index is 2.37. The highest BCUT2D eigenvalue weighted by atomic mass is 14.2. The van der Waals surface area contributed by atoms with Crippen molar-refractivity contribution in [2.75, 3.05) is 0 Å². The third-order valence-electron chi connectivity index (χ3n) is 4.38. The summed E-state index contributed by atoms with van der Waals surface area (Å²) in [6.07, 6.45) is 0. The van der Waals surface area contributed by atoms with E-state index in [1.807, 2.05) is 0 Å². The van der Waals surface area contributed by atoms with E-state index in [-0.39, 0.29) is 5.41 Å². The number of hydrogen-bond acceptors (Lipinski definition) is 0. The summed E-state index contributed by atoms with van der Waals surface area (Å²) in [6.45, 7) is 16.0. The van der Waals surface area contributed by atoms with Gasteiger partial charge in [0.15, 0.2) is 0 Å². The van der Waals surface area contributed by atoms with Crippen LogP contribution >= 0.6 is 0 Å². The third kappa shape index (κ3) is 3.43. The lowest BCUT2D eigenvalue weighted by Gasteiger charge is -2.23. The molecule has 0 fully saturated rings. The molecule has 0 nitrogen and oxygen atoms in total. The molecule has 0 saturated heterocycles. The van der Waals surface area contributed by atoms with E-state index in [0.29, 0.717) is 11.8 Å². The minimum absolute atomic E-state index is 0.184. The van der Waals surface area contributed by atoms with E-state index in [4.69, 9.17) is 0 Å². The Morgan fingerprint density at radius 2 is 1.41 bits per heavy atom. The Kier molecular flexibility index (Phi) is 4.80. The molecule has 0 aliphatic heterocycles. The molecule has 22 heavy (non-hydrogen) atoms. The molecule has 2 aromatic carbocycles. The fraction of sp³-hybridized carbons (Fsp3) is 0.455. The lowest BCUT2D eigenvalue weighted by molar-refractivity contribution is 0.590. The van der Waals surface area contributed by atoms with Gasteiger partial charge in [0.1, 0.15) is 0 Å². The van der Waals surface area contributed by atoms with Crippen molar-refractivity contribution in [3.05, 3.63) is 59.2 Å². The van der Waals surface area contributed by atoms with Crippen molar-refractivity contribution in [3.63, 3.8) is 0 Å². The monoisotopic (exact) mass is 294 g/mol. The van der Waals surface area contributed by atoms with Crippen molar-refractivity contribution in [2.45, 2.75) is 65.7 Å². The molecule has 0 aliphatic carbocycles. The predicted molar refractivity (Wildman–Crippen MR) is 98.8 cm³/mol. The topological polar surface area (TPSA) is 0 Å². The molecule has 0 spiro atoms. The lowest BCUT2D eigenvalue weighted by atomic mass is 9.82. The summed E-state index contributed by atoms with van der Waals surface area (Å²) in [5.74, 6) is 1.09. The molecule has 0 aliphatic rings. The van der Waals surface area contributed by atoms with Gasteiger partial charge in [-0.25, -0.2) is 0 Å². The molecule has 0 heterocycles. The first-order chi connectivity index (χ1) is 10.2. The number of benzene rings is 2. The molecule has 0 saturated carbocycles.